The number of aliphatic hydroxyl groups is 1. The van der Waals surface area contributed by atoms with E-state index in [2.05, 4.69) is 23.5 Å². The summed E-state index contributed by atoms with van der Waals surface area (Å²) < 4.78 is 0. The lowest BCUT2D eigenvalue weighted by molar-refractivity contribution is 0.00300. The molecule has 1 heterocycles. The number of allylic oxidation sites excluding steroid dienone is 2. The molecule has 2 nitrogen and oxygen atoms in total. The molecule has 4 atom stereocenters. The van der Waals surface area contributed by atoms with Gasteiger partial charge in [-0.05, 0) is 57.1 Å². The monoisotopic (exact) mass is 285 g/mol. The predicted octanol–water partition coefficient (Wildman–Crippen LogP) is 3.34. The van der Waals surface area contributed by atoms with Gasteiger partial charge in [0.15, 0.2) is 0 Å². The second kappa shape index (κ2) is 7.66. The highest BCUT2D eigenvalue weighted by atomic mass is 16.3. The van der Waals surface area contributed by atoms with Crippen molar-refractivity contribution in [2.24, 2.45) is 5.92 Å². The minimum absolute atomic E-state index is 0.0336. The first-order valence-electron chi connectivity index (χ1n) is 8.15. The fraction of sp³-hybridized carbons (Fsp3) is 0.632. The van der Waals surface area contributed by atoms with Crippen LogP contribution >= 0.6 is 0 Å². The van der Waals surface area contributed by atoms with Gasteiger partial charge in [-0.3, -0.25) is 0 Å². The van der Waals surface area contributed by atoms with Crippen LogP contribution in [0.25, 0.3) is 0 Å². The molecule has 21 heavy (non-hydrogen) atoms. The summed E-state index contributed by atoms with van der Waals surface area (Å²) in [5, 5.41) is 14.3. The summed E-state index contributed by atoms with van der Waals surface area (Å²) in [5.74, 6) is 2.71. The molecular weight excluding hydrogens is 258 g/mol. The fourth-order valence-electron chi connectivity index (χ4n) is 4.09. The molecule has 0 radical (unpaired) electrons. The highest BCUT2D eigenvalue weighted by molar-refractivity contribution is 5.17. The second-order valence-corrected chi connectivity index (χ2v) is 6.39. The molecule has 0 amide bonds. The van der Waals surface area contributed by atoms with Crippen LogP contribution in [0.4, 0.5) is 0 Å². The zero-order valence-corrected chi connectivity index (χ0v) is 12.9. The predicted molar refractivity (Wildman–Crippen MR) is 87.8 cm³/mol. The van der Waals surface area contributed by atoms with Crippen LogP contribution in [0.1, 0.15) is 51.4 Å². The van der Waals surface area contributed by atoms with Gasteiger partial charge in [-0.2, -0.15) is 0 Å². The summed E-state index contributed by atoms with van der Waals surface area (Å²) in [4.78, 5) is 0. The molecule has 2 aliphatic rings. The first-order valence-corrected chi connectivity index (χ1v) is 8.15. The Labute approximate surface area is 129 Å². The van der Waals surface area contributed by atoms with E-state index >= 15 is 0 Å². The van der Waals surface area contributed by atoms with Crippen molar-refractivity contribution < 1.29 is 5.11 Å². The van der Waals surface area contributed by atoms with Gasteiger partial charge in [0.25, 0.3) is 0 Å². The summed E-state index contributed by atoms with van der Waals surface area (Å²) in [6.45, 7) is 3.62. The summed E-state index contributed by atoms with van der Waals surface area (Å²) in [5.41, 5.74) is 2.88. The molecule has 114 valence electrons. The molecule has 2 N–H and O–H groups in total. The van der Waals surface area contributed by atoms with Crippen molar-refractivity contribution >= 4 is 0 Å². The van der Waals surface area contributed by atoms with E-state index in [9.17, 15) is 5.11 Å². The van der Waals surface area contributed by atoms with E-state index in [1.807, 2.05) is 12.2 Å². The van der Waals surface area contributed by atoms with E-state index in [0.717, 1.165) is 38.5 Å². The molecule has 2 heteroatoms. The van der Waals surface area contributed by atoms with Crippen LogP contribution in [0.2, 0.25) is 0 Å². The number of aliphatic hydroxyl groups excluding tert-OH is 1. The van der Waals surface area contributed by atoms with Crippen molar-refractivity contribution in [1.82, 2.24) is 5.32 Å². The van der Waals surface area contributed by atoms with Crippen molar-refractivity contribution in [3.8, 4) is 12.3 Å². The largest absolute Gasteiger partial charge is 0.392 e. The van der Waals surface area contributed by atoms with E-state index in [0.29, 0.717) is 6.04 Å². The van der Waals surface area contributed by atoms with Gasteiger partial charge in [-0.1, -0.05) is 25.0 Å². The quantitative estimate of drug-likeness (QED) is 0.613. The normalized spacial score (nSPS) is 36.3. The molecule has 1 saturated carbocycles. The third-order valence-electron chi connectivity index (χ3n) is 5.05. The molecule has 0 bridgehead atoms. The van der Waals surface area contributed by atoms with Crippen LogP contribution in [-0.2, 0) is 0 Å². The van der Waals surface area contributed by atoms with Gasteiger partial charge in [0.2, 0.25) is 0 Å². The number of hydrogen-bond donors (Lipinski definition) is 2. The minimum Gasteiger partial charge on any atom is -0.392 e. The first kappa shape index (κ1) is 16.1. The summed E-state index contributed by atoms with van der Waals surface area (Å²) in [7, 11) is 0. The third-order valence-corrected chi connectivity index (χ3v) is 5.05. The Hall–Kier alpha value is -1.26. The molecule has 2 fully saturated rings. The summed E-state index contributed by atoms with van der Waals surface area (Å²) >= 11 is 0. The van der Waals surface area contributed by atoms with Crippen LogP contribution in [-0.4, -0.2) is 22.8 Å². The molecule has 1 spiro atoms. The van der Waals surface area contributed by atoms with Gasteiger partial charge < -0.3 is 10.4 Å². The van der Waals surface area contributed by atoms with E-state index < -0.39 is 0 Å². The van der Waals surface area contributed by atoms with E-state index in [1.54, 1.807) is 6.08 Å². The van der Waals surface area contributed by atoms with E-state index in [-0.39, 0.29) is 17.6 Å². The number of rotatable bonds is 4. The van der Waals surface area contributed by atoms with E-state index in [4.69, 9.17) is 6.42 Å². The molecule has 1 aliphatic heterocycles. The van der Waals surface area contributed by atoms with Crippen molar-refractivity contribution in [1.29, 1.82) is 0 Å². The number of terminal acetylenes is 1. The Morgan fingerprint density at radius 3 is 2.81 bits per heavy atom. The smallest absolute Gasteiger partial charge is 0.0620 e. The van der Waals surface area contributed by atoms with E-state index in [1.165, 1.54) is 12.8 Å². The molecule has 0 aromatic carbocycles. The molecule has 4 unspecified atom stereocenters. The summed E-state index contributed by atoms with van der Waals surface area (Å²) in [6.07, 6.45) is 19.7. The lowest BCUT2D eigenvalue weighted by Gasteiger charge is -2.51. The number of nitrogens with one attached hydrogen (secondary N) is 1. The first-order chi connectivity index (χ1) is 10.2. The Balaban J connectivity index is 2.10. The van der Waals surface area contributed by atoms with Crippen LogP contribution in [0.15, 0.2) is 30.5 Å². The van der Waals surface area contributed by atoms with Gasteiger partial charge >= 0.3 is 0 Å². The molecule has 0 aromatic rings. The van der Waals surface area contributed by atoms with Crippen molar-refractivity contribution in [3.63, 3.8) is 0 Å². The highest BCUT2D eigenvalue weighted by Crippen LogP contribution is 2.41. The van der Waals surface area contributed by atoms with Gasteiger partial charge in [0.05, 0.1) is 6.10 Å². The Morgan fingerprint density at radius 1 is 1.33 bits per heavy atom. The molecule has 1 saturated heterocycles. The SMILES string of the molecule is C#C/C=C\C1C(O)CCCC12CCCC(CCC=C=C)N2. The third kappa shape index (κ3) is 3.89. The number of piperidine rings is 1. The average molecular weight is 285 g/mol. The topological polar surface area (TPSA) is 32.3 Å². The molecule has 2 rings (SSSR count). The zero-order valence-electron chi connectivity index (χ0n) is 12.9. The minimum atomic E-state index is -0.275. The van der Waals surface area contributed by atoms with Gasteiger partial charge in [-0.15, -0.1) is 12.2 Å². The lowest BCUT2D eigenvalue weighted by Crippen LogP contribution is -2.61. The maximum Gasteiger partial charge on any atom is 0.0620 e. The lowest BCUT2D eigenvalue weighted by atomic mass is 9.66. The van der Waals surface area contributed by atoms with Crippen LogP contribution < -0.4 is 5.32 Å². The van der Waals surface area contributed by atoms with Crippen LogP contribution in [0.3, 0.4) is 0 Å². The molecular formula is C19H27NO. The van der Waals surface area contributed by atoms with Crippen LogP contribution in [0, 0.1) is 18.3 Å². The maximum absolute atomic E-state index is 10.4. The van der Waals surface area contributed by atoms with Gasteiger partial charge in [0.1, 0.15) is 0 Å². The zero-order chi connectivity index (χ0) is 15.1. The van der Waals surface area contributed by atoms with Gasteiger partial charge in [-0.25, -0.2) is 0 Å². The maximum atomic E-state index is 10.4. The molecule has 0 aromatic heterocycles. The van der Waals surface area contributed by atoms with Crippen molar-refractivity contribution in [3.05, 3.63) is 30.5 Å². The van der Waals surface area contributed by atoms with Gasteiger partial charge in [0, 0.05) is 17.5 Å². The Morgan fingerprint density at radius 2 is 2.10 bits per heavy atom. The van der Waals surface area contributed by atoms with Crippen molar-refractivity contribution in [2.75, 3.05) is 0 Å². The average Bonchev–Trinajstić information content (AvgIpc) is 2.47. The van der Waals surface area contributed by atoms with Crippen molar-refractivity contribution in [2.45, 2.75) is 69.1 Å². The fourth-order valence-corrected chi connectivity index (χ4v) is 4.09. The van der Waals surface area contributed by atoms with Crippen LogP contribution in [0.5, 0.6) is 0 Å². The molecule has 1 aliphatic carbocycles. The Bertz CT molecular complexity index is 451. The number of hydrogen-bond acceptors (Lipinski definition) is 2. The Kier molecular flexibility index (Phi) is 5.88. The highest BCUT2D eigenvalue weighted by Gasteiger charge is 2.45. The summed E-state index contributed by atoms with van der Waals surface area (Å²) in [6, 6.07) is 0.524. The standard InChI is InChI=1S/C19H27NO/c1-3-5-7-10-16-11-8-14-19(20-16)15-9-13-18(21)17(19)12-6-4-2/h2,5-6,12,16-18,20-21H,1,7-11,13-15H2/b12-6-. The second-order valence-electron chi connectivity index (χ2n) is 6.39.